The number of aromatic nitrogens is 2. The number of urea groups is 1. The zero-order chi connectivity index (χ0) is 19.2. The van der Waals surface area contributed by atoms with Gasteiger partial charge in [-0.05, 0) is 31.2 Å². The molecule has 0 radical (unpaired) electrons. The molecule has 7 heteroatoms. The molecule has 3 aliphatic rings. The van der Waals surface area contributed by atoms with Crippen molar-refractivity contribution in [3.05, 3.63) is 47.6 Å². The van der Waals surface area contributed by atoms with Crippen molar-refractivity contribution in [2.45, 2.75) is 62.3 Å². The smallest absolute Gasteiger partial charge is 0.325 e. The molecule has 0 unspecified atom stereocenters. The maximum absolute atomic E-state index is 12.7. The van der Waals surface area contributed by atoms with Crippen LogP contribution in [0.3, 0.4) is 0 Å². The fourth-order valence-electron chi connectivity index (χ4n) is 4.88. The fourth-order valence-corrected chi connectivity index (χ4v) is 4.88. The molecule has 0 bridgehead atoms. The molecule has 2 saturated carbocycles. The van der Waals surface area contributed by atoms with Gasteiger partial charge in [0, 0.05) is 13.0 Å². The van der Waals surface area contributed by atoms with Gasteiger partial charge in [0.1, 0.15) is 5.54 Å². The van der Waals surface area contributed by atoms with Gasteiger partial charge in [-0.15, -0.1) is 0 Å². The van der Waals surface area contributed by atoms with Crippen LogP contribution in [0.1, 0.15) is 62.2 Å². The first-order chi connectivity index (χ1) is 13.6. The van der Waals surface area contributed by atoms with Crippen molar-refractivity contribution in [1.29, 1.82) is 0 Å². The molecule has 1 aromatic heterocycles. The van der Waals surface area contributed by atoms with E-state index in [0.29, 0.717) is 18.1 Å². The number of nitrogens with one attached hydrogen (secondary N) is 1. The first-order valence-electron chi connectivity index (χ1n) is 10.2. The Bertz CT molecular complexity index is 897. The van der Waals surface area contributed by atoms with E-state index in [0.717, 1.165) is 44.9 Å². The van der Waals surface area contributed by atoms with Gasteiger partial charge in [-0.25, -0.2) is 4.79 Å². The predicted molar refractivity (Wildman–Crippen MR) is 101 cm³/mol. The molecule has 1 aromatic carbocycles. The van der Waals surface area contributed by atoms with E-state index in [4.69, 9.17) is 4.52 Å². The lowest BCUT2D eigenvalue weighted by molar-refractivity contribution is -0.131. The predicted octanol–water partition coefficient (Wildman–Crippen LogP) is 2.95. The fraction of sp³-hybridized carbons (Fsp3) is 0.524. The zero-order valence-electron chi connectivity index (χ0n) is 15.8. The number of nitrogens with zero attached hydrogens (tertiary/aromatic N) is 3. The summed E-state index contributed by atoms with van der Waals surface area (Å²) in [6, 6.07) is 10.0. The summed E-state index contributed by atoms with van der Waals surface area (Å²) < 4.78 is 5.48. The largest absolute Gasteiger partial charge is 0.339 e. The van der Waals surface area contributed by atoms with Gasteiger partial charge in [0.25, 0.3) is 5.91 Å². The maximum atomic E-state index is 12.7. The second kappa shape index (κ2) is 6.43. The minimum Gasteiger partial charge on any atom is -0.339 e. The average Bonchev–Trinajstić information content (AvgIpc) is 3.37. The molecule has 3 amide bonds. The summed E-state index contributed by atoms with van der Waals surface area (Å²) in [5, 5.41) is 7.16. The van der Waals surface area contributed by atoms with Gasteiger partial charge < -0.3 is 9.84 Å². The summed E-state index contributed by atoms with van der Waals surface area (Å²) in [6.45, 7) is 0.270. The van der Waals surface area contributed by atoms with E-state index in [1.807, 2.05) is 18.2 Å². The van der Waals surface area contributed by atoms with Crippen LogP contribution >= 0.6 is 0 Å². The van der Waals surface area contributed by atoms with Crippen LogP contribution in [0.2, 0.25) is 0 Å². The van der Waals surface area contributed by atoms with E-state index in [1.165, 1.54) is 10.5 Å². The Balaban J connectivity index is 1.30. The Morgan fingerprint density at radius 1 is 1.04 bits per heavy atom. The first kappa shape index (κ1) is 17.4. The lowest BCUT2D eigenvalue weighted by atomic mass is 9.64. The van der Waals surface area contributed by atoms with E-state index >= 15 is 0 Å². The van der Waals surface area contributed by atoms with Crippen molar-refractivity contribution in [3.8, 4) is 0 Å². The van der Waals surface area contributed by atoms with Crippen LogP contribution in [-0.4, -0.2) is 39.1 Å². The van der Waals surface area contributed by atoms with Crippen LogP contribution in [0.15, 0.2) is 34.9 Å². The molecule has 146 valence electrons. The van der Waals surface area contributed by atoms with Crippen LogP contribution < -0.4 is 5.32 Å². The van der Waals surface area contributed by atoms with Gasteiger partial charge in [0.2, 0.25) is 5.89 Å². The van der Waals surface area contributed by atoms with Crippen molar-refractivity contribution in [3.63, 3.8) is 0 Å². The Morgan fingerprint density at radius 2 is 1.79 bits per heavy atom. The van der Waals surface area contributed by atoms with Crippen molar-refractivity contribution in [2.75, 3.05) is 6.54 Å². The molecule has 3 fully saturated rings. The number of carbonyl (C=O) groups is 2. The average molecular weight is 380 g/mol. The van der Waals surface area contributed by atoms with Gasteiger partial charge in [-0.1, -0.05) is 54.8 Å². The van der Waals surface area contributed by atoms with Crippen molar-refractivity contribution >= 4 is 11.9 Å². The Morgan fingerprint density at radius 3 is 2.46 bits per heavy atom. The minimum absolute atomic E-state index is 0.102. The van der Waals surface area contributed by atoms with Crippen LogP contribution in [0.25, 0.3) is 0 Å². The molecule has 0 atom stereocenters. The molecule has 2 heterocycles. The summed E-state index contributed by atoms with van der Waals surface area (Å²) in [5.41, 5.74) is 0.379. The third kappa shape index (κ3) is 2.56. The zero-order valence-corrected chi connectivity index (χ0v) is 15.8. The molecule has 1 aliphatic heterocycles. The normalized spacial score (nSPS) is 22.5. The minimum atomic E-state index is -0.666. The number of benzene rings is 1. The second-order valence-corrected chi connectivity index (χ2v) is 8.24. The van der Waals surface area contributed by atoms with Crippen LogP contribution in [0.5, 0.6) is 0 Å². The van der Waals surface area contributed by atoms with Crippen molar-refractivity contribution in [2.24, 2.45) is 0 Å². The SMILES string of the molecule is O=C1NC2(CCCC2)C(=O)N1CCc1nc(C2(c3ccccc3)CCC2)no1. The van der Waals surface area contributed by atoms with Crippen molar-refractivity contribution < 1.29 is 14.1 Å². The number of carbonyl (C=O) groups excluding carboxylic acids is 2. The van der Waals surface area contributed by atoms with E-state index in [9.17, 15) is 9.59 Å². The second-order valence-electron chi connectivity index (χ2n) is 8.24. The molecule has 5 rings (SSSR count). The highest BCUT2D eigenvalue weighted by atomic mass is 16.5. The Kier molecular flexibility index (Phi) is 4.00. The third-order valence-electron chi connectivity index (χ3n) is 6.68. The summed E-state index contributed by atoms with van der Waals surface area (Å²) in [7, 11) is 0. The Labute approximate surface area is 163 Å². The van der Waals surface area contributed by atoms with Gasteiger partial charge in [-0.2, -0.15) is 4.98 Å². The Hall–Kier alpha value is -2.70. The van der Waals surface area contributed by atoms with Gasteiger partial charge in [0.15, 0.2) is 5.82 Å². The van der Waals surface area contributed by atoms with E-state index < -0.39 is 5.54 Å². The standard InChI is InChI=1S/C21H24N4O3/c26-18-21(12-4-5-13-21)23-19(27)25(18)14-9-16-22-17(24-28-16)20(10-6-11-20)15-7-2-1-3-8-15/h1-3,7-8H,4-6,9-14H2,(H,23,27). The summed E-state index contributed by atoms with van der Waals surface area (Å²) in [4.78, 5) is 31.0. The highest BCUT2D eigenvalue weighted by molar-refractivity contribution is 6.07. The molecule has 1 N–H and O–H groups in total. The number of imide groups is 1. The molecule has 2 aromatic rings. The maximum Gasteiger partial charge on any atom is 0.325 e. The van der Waals surface area contributed by atoms with E-state index in [1.54, 1.807) is 0 Å². The lowest BCUT2D eigenvalue weighted by Crippen LogP contribution is -2.44. The van der Waals surface area contributed by atoms with Gasteiger partial charge in [-0.3, -0.25) is 9.69 Å². The highest BCUT2D eigenvalue weighted by Crippen LogP contribution is 2.47. The summed E-state index contributed by atoms with van der Waals surface area (Å²) in [6.07, 6.45) is 6.97. The van der Waals surface area contributed by atoms with Crippen LogP contribution in [0, 0.1) is 0 Å². The highest BCUT2D eigenvalue weighted by Gasteiger charge is 2.52. The third-order valence-corrected chi connectivity index (χ3v) is 6.68. The van der Waals surface area contributed by atoms with Gasteiger partial charge in [0.05, 0.1) is 5.41 Å². The number of hydrogen-bond acceptors (Lipinski definition) is 5. The lowest BCUT2D eigenvalue weighted by Gasteiger charge is -2.39. The molecule has 7 nitrogen and oxygen atoms in total. The first-order valence-corrected chi connectivity index (χ1v) is 10.2. The molecule has 1 saturated heterocycles. The van der Waals surface area contributed by atoms with E-state index in [-0.39, 0.29) is 23.9 Å². The molecular weight excluding hydrogens is 356 g/mol. The van der Waals surface area contributed by atoms with Crippen LogP contribution in [-0.2, 0) is 16.6 Å². The summed E-state index contributed by atoms with van der Waals surface area (Å²) in [5.74, 6) is 1.09. The number of amides is 3. The molecule has 1 spiro atoms. The molecule has 2 aliphatic carbocycles. The molecular formula is C21H24N4O3. The number of rotatable bonds is 5. The monoisotopic (exact) mass is 380 g/mol. The topological polar surface area (TPSA) is 88.3 Å². The molecule has 28 heavy (non-hydrogen) atoms. The van der Waals surface area contributed by atoms with Crippen molar-refractivity contribution in [1.82, 2.24) is 20.4 Å². The quantitative estimate of drug-likeness (QED) is 0.806. The van der Waals surface area contributed by atoms with E-state index in [2.05, 4.69) is 27.6 Å². The summed E-state index contributed by atoms with van der Waals surface area (Å²) >= 11 is 0. The van der Waals surface area contributed by atoms with Crippen LogP contribution in [0.4, 0.5) is 4.79 Å². The number of hydrogen-bond donors (Lipinski definition) is 1. The van der Waals surface area contributed by atoms with Gasteiger partial charge >= 0.3 is 6.03 Å².